The van der Waals surface area contributed by atoms with E-state index in [1.54, 1.807) is 30.9 Å². The standard InChI is InChI=1S/C12H12N4O2/c1-8-9(7-16(2)15-8)10(17)6-11(18)12-13-4-3-5-14-12/h3-5,7H,6H2,1-2H3. The van der Waals surface area contributed by atoms with Crippen LogP contribution in [0.5, 0.6) is 0 Å². The quantitative estimate of drug-likeness (QED) is 0.591. The van der Waals surface area contributed by atoms with E-state index in [0.717, 1.165) is 0 Å². The number of aromatic nitrogens is 4. The Morgan fingerprint density at radius 3 is 2.44 bits per heavy atom. The number of rotatable bonds is 4. The van der Waals surface area contributed by atoms with Crippen molar-refractivity contribution in [2.75, 3.05) is 0 Å². The van der Waals surface area contributed by atoms with E-state index in [0.29, 0.717) is 11.3 Å². The number of carbonyl (C=O) groups excluding carboxylic acids is 2. The van der Waals surface area contributed by atoms with Gasteiger partial charge in [0, 0.05) is 25.6 Å². The van der Waals surface area contributed by atoms with Gasteiger partial charge in [-0.3, -0.25) is 14.3 Å². The highest BCUT2D eigenvalue weighted by Gasteiger charge is 2.18. The average molecular weight is 244 g/mol. The summed E-state index contributed by atoms with van der Waals surface area (Å²) in [4.78, 5) is 31.3. The van der Waals surface area contributed by atoms with Gasteiger partial charge in [0.05, 0.1) is 17.7 Å². The Morgan fingerprint density at radius 2 is 1.89 bits per heavy atom. The molecule has 0 saturated carbocycles. The minimum absolute atomic E-state index is 0.0624. The zero-order valence-electron chi connectivity index (χ0n) is 10.1. The van der Waals surface area contributed by atoms with Crippen molar-refractivity contribution in [2.45, 2.75) is 13.3 Å². The van der Waals surface area contributed by atoms with Gasteiger partial charge in [-0.1, -0.05) is 0 Å². The molecule has 0 radical (unpaired) electrons. The molecule has 0 fully saturated rings. The van der Waals surface area contributed by atoms with Crippen molar-refractivity contribution in [3.8, 4) is 0 Å². The second-order valence-electron chi connectivity index (χ2n) is 3.90. The van der Waals surface area contributed by atoms with E-state index < -0.39 is 0 Å². The molecule has 0 spiro atoms. The molecule has 0 aliphatic rings. The van der Waals surface area contributed by atoms with E-state index in [2.05, 4.69) is 15.1 Å². The molecule has 0 N–H and O–H groups in total. The van der Waals surface area contributed by atoms with Crippen molar-refractivity contribution < 1.29 is 9.59 Å². The first-order valence-corrected chi connectivity index (χ1v) is 5.41. The van der Waals surface area contributed by atoms with Crippen molar-refractivity contribution in [1.82, 2.24) is 19.7 Å². The van der Waals surface area contributed by atoms with E-state index >= 15 is 0 Å². The number of nitrogens with zero attached hydrogens (tertiary/aromatic N) is 4. The molecule has 18 heavy (non-hydrogen) atoms. The summed E-state index contributed by atoms with van der Waals surface area (Å²) in [6, 6.07) is 1.61. The number of carbonyl (C=O) groups is 2. The fourth-order valence-corrected chi connectivity index (χ4v) is 1.64. The molecule has 0 bridgehead atoms. The predicted octanol–water partition coefficient (Wildman–Crippen LogP) is 0.974. The fourth-order valence-electron chi connectivity index (χ4n) is 1.64. The van der Waals surface area contributed by atoms with Gasteiger partial charge in [0.2, 0.25) is 5.78 Å². The van der Waals surface area contributed by atoms with Crippen LogP contribution in [0.25, 0.3) is 0 Å². The van der Waals surface area contributed by atoms with Crippen LogP contribution in [0, 0.1) is 6.92 Å². The molecule has 0 aliphatic heterocycles. The van der Waals surface area contributed by atoms with Crippen molar-refractivity contribution in [3.63, 3.8) is 0 Å². The van der Waals surface area contributed by atoms with Gasteiger partial charge in [0.25, 0.3) is 0 Å². The zero-order valence-corrected chi connectivity index (χ0v) is 10.1. The van der Waals surface area contributed by atoms with Crippen LogP contribution in [0.1, 0.15) is 33.1 Å². The molecule has 0 unspecified atom stereocenters. The van der Waals surface area contributed by atoms with E-state index in [1.165, 1.54) is 12.4 Å². The Morgan fingerprint density at radius 1 is 1.22 bits per heavy atom. The Kier molecular flexibility index (Phi) is 3.27. The van der Waals surface area contributed by atoms with Crippen molar-refractivity contribution >= 4 is 11.6 Å². The van der Waals surface area contributed by atoms with Crippen LogP contribution in [0.3, 0.4) is 0 Å². The van der Waals surface area contributed by atoms with E-state index in [1.807, 2.05) is 0 Å². The lowest BCUT2D eigenvalue weighted by molar-refractivity contribution is 0.0888. The van der Waals surface area contributed by atoms with Crippen LogP contribution in [0.2, 0.25) is 0 Å². The van der Waals surface area contributed by atoms with Gasteiger partial charge < -0.3 is 0 Å². The molecule has 0 saturated heterocycles. The Hall–Kier alpha value is -2.37. The summed E-state index contributed by atoms with van der Waals surface area (Å²) in [5.74, 6) is -0.589. The molecule has 2 aromatic rings. The number of aryl methyl sites for hydroxylation is 2. The van der Waals surface area contributed by atoms with Gasteiger partial charge in [-0.2, -0.15) is 5.10 Å². The van der Waals surface area contributed by atoms with E-state index in [4.69, 9.17) is 0 Å². The van der Waals surface area contributed by atoms with Crippen LogP contribution in [-0.4, -0.2) is 31.3 Å². The van der Waals surface area contributed by atoms with Gasteiger partial charge >= 0.3 is 0 Å². The zero-order chi connectivity index (χ0) is 13.1. The molecule has 6 heteroatoms. The van der Waals surface area contributed by atoms with Gasteiger partial charge in [-0.05, 0) is 13.0 Å². The largest absolute Gasteiger partial charge is 0.294 e. The number of hydrogen-bond donors (Lipinski definition) is 0. The van der Waals surface area contributed by atoms with Crippen molar-refractivity contribution in [1.29, 1.82) is 0 Å². The highest BCUT2D eigenvalue weighted by molar-refractivity contribution is 6.12. The summed E-state index contributed by atoms with van der Waals surface area (Å²) in [5, 5.41) is 4.07. The highest BCUT2D eigenvalue weighted by atomic mass is 16.1. The van der Waals surface area contributed by atoms with Gasteiger partial charge in [0.15, 0.2) is 11.6 Å². The van der Waals surface area contributed by atoms with Crippen LogP contribution >= 0.6 is 0 Å². The lowest BCUT2D eigenvalue weighted by Gasteiger charge is -1.98. The summed E-state index contributed by atoms with van der Waals surface area (Å²) in [7, 11) is 1.73. The molecule has 2 rings (SSSR count). The van der Waals surface area contributed by atoms with Crippen LogP contribution in [0.15, 0.2) is 24.7 Å². The summed E-state index contributed by atoms with van der Waals surface area (Å²) < 4.78 is 1.55. The molecule has 0 aliphatic carbocycles. The molecule has 92 valence electrons. The van der Waals surface area contributed by atoms with Crippen molar-refractivity contribution in [2.24, 2.45) is 7.05 Å². The smallest absolute Gasteiger partial charge is 0.207 e. The fraction of sp³-hybridized carbons (Fsp3) is 0.250. The summed E-state index contributed by atoms with van der Waals surface area (Å²) in [6.07, 6.45) is 4.31. The lowest BCUT2D eigenvalue weighted by atomic mass is 10.1. The predicted molar refractivity (Wildman–Crippen MR) is 63.3 cm³/mol. The molecule has 0 amide bonds. The van der Waals surface area contributed by atoms with Crippen LogP contribution < -0.4 is 0 Å². The number of Topliss-reactive ketones (excluding diaryl/α,β-unsaturated/α-hetero) is 2. The number of ketones is 2. The molecule has 0 aromatic carbocycles. The molecule has 0 atom stereocenters. The first-order chi connectivity index (χ1) is 8.58. The minimum atomic E-state index is -0.385. The molecular weight excluding hydrogens is 232 g/mol. The lowest BCUT2D eigenvalue weighted by Crippen LogP contribution is -2.11. The third-order valence-corrected chi connectivity index (χ3v) is 2.45. The summed E-state index contributed by atoms with van der Waals surface area (Å²) >= 11 is 0. The second-order valence-corrected chi connectivity index (χ2v) is 3.90. The molecule has 6 nitrogen and oxygen atoms in total. The molecule has 2 aromatic heterocycles. The molecule has 2 heterocycles. The van der Waals surface area contributed by atoms with Gasteiger partial charge in [0.1, 0.15) is 0 Å². The Labute approximate surface area is 104 Å². The Bertz CT molecular complexity index is 589. The van der Waals surface area contributed by atoms with E-state index in [9.17, 15) is 9.59 Å². The van der Waals surface area contributed by atoms with Crippen LogP contribution in [0.4, 0.5) is 0 Å². The third kappa shape index (κ3) is 2.48. The maximum atomic E-state index is 11.9. The molecular formula is C12H12N4O2. The Balaban J connectivity index is 2.13. The summed E-state index contributed by atoms with van der Waals surface area (Å²) in [5.41, 5.74) is 1.08. The first-order valence-electron chi connectivity index (χ1n) is 5.41. The topological polar surface area (TPSA) is 77.7 Å². The minimum Gasteiger partial charge on any atom is -0.294 e. The second kappa shape index (κ2) is 4.87. The SMILES string of the molecule is Cc1nn(C)cc1C(=O)CC(=O)c1ncccn1. The average Bonchev–Trinajstić information content (AvgIpc) is 2.69. The van der Waals surface area contributed by atoms with Crippen molar-refractivity contribution in [3.05, 3.63) is 41.7 Å². The maximum Gasteiger partial charge on any atom is 0.207 e. The van der Waals surface area contributed by atoms with Crippen LogP contribution in [-0.2, 0) is 7.05 Å². The van der Waals surface area contributed by atoms with E-state index in [-0.39, 0.29) is 23.8 Å². The maximum absolute atomic E-state index is 11.9. The van der Waals surface area contributed by atoms with Gasteiger partial charge in [-0.15, -0.1) is 0 Å². The third-order valence-electron chi connectivity index (χ3n) is 2.45. The normalized spacial score (nSPS) is 10.3. The monoisotopic (exact) mass is 244 g/mol. The van der Waals surface area contributed by atoms with Gasteiger partial charge in [-0.25, -0.2) is 9.97 Å². The number of hydrogen-bond acceptors (Lipinski definition) is 5. The summed E-state index contributed by atoms with van der Waals surface area (Å²) in [6.45, 7) is 1.73. The first kappa shape index (κ1) is 12.1. The highest BCUT2D eigenvalue weighted by Crippen LogP contribution is 2.09.